The van der Waals surface area contributed by atoms with Crippen LogP contribution in [-0.4, -0.2) is 21.5 Å². The van der Waals surface area contributed by atoms with E-state index < -0.39 is 5.91 Å². The van der Waals surface area contributed by atoms with Gasteiger partial charge in [0.2, 0.25) is 0 Å². The van der Waals surface area contributed by atoms with Crippen LogP contribution in [0.2, 0.25) is 5.02 Å². The zero-order valence-corrected chi connectivity index (χ0v) is 17.9. The van der Waals surface area contributed by atoms with E-state index >= 15 is 0 Å². The standard InChI is InChI=1S/C25H19ClFN3O2/c1-16-9-11-18(12-10-16)23(31)20-7-2-3-8-21(20)25(32)28-24-22(26)15-30(29-24)14-17-5-4-6-19(27)13-17/h2-13,15H,14H2,1H3,(H,28,29,32). The van der Waals surface area contributed by atoms with Gasteiger partial charge in [-0.05, 0) is 30.7 Å². The van der Waals surface area contributed by atoms with Gasteiger partial charge >= 0.3 is 0 Å². The van der Waals surface area contributed by atoms with Crippen LogP contribution in [0.15, 0.2) is 79.0 Å². The number of amides is 1. The van der Waals surface area contributed by atoms with E-state index in [2.05, 4.69) is 10.4 Å². The highest BCUT2D eigenvalue weighted by Crippen LogP contribution is 2.22. The Labute approximate surface area is 189 Å². The molecule has 0 aliphatic heterocycles. The molecule has 3 aromatic carbocycles. The second kappa shape index (κ2) is 9.16. The van der Waals surface area contributed by atoms with Crippen LogP contribution in [-0.2, 0) is 6.54 Å². The zero-order chi connectivity index (χ0) is 22.7. The molecule has 32 heavy (non-hydrogen) atoms. The maximum atomic E-state index is 13.4. The third-order valence-electron chi connectivity index (χ3n) is 4.91. The van der Waals surface area contributed by atoms with Crippen molar-refractivity contribution in [1.29, 1.82) is 0 Å². The normalized spacial score (nSPS) is 10.7. The maximum Gasteiger partial charge on any atom is 0.257 e. The summed E-state index contributed by atoms with van der Waals surface area (Å²) in [6.45, 7) is 2.22. The first-order valence-corrected chi connectivity index (χ1v) is 10.3. The topological polar surface area (TPSA) is 64.0 Å². The number of aryl methyl sites for hydroxylation is 1. The van der Waals surface area contributed by atoms with Gasteiger partial charge in [0.05, 0.1) is 12.1 Å². The van der Waals surface area contributed by atoms with Crippen molar-refractivity contribution in [3.63, 3.8) is 0 Å². The lowest BCUT2D eigenvalue weighted by Gasteiger charge is -2.09. The molecule has 1 amide bonds. The Morgan fingerprint density at radius 1 is 1.00 bits per heavy atom. The number of nitrogens with one attached hydrogen (secondary N) is 1. The van der Waals surface area contributed by atoms with E-state index in [9.17, 15) is 14.0 Å². The highest BCUT2D eigenvalue weighted by atomic mass is 35.5. The fourth-order valence-corrected chi connectivity index (χ4v) is 3.50. The molecule has 0 unspecified atom stereocenters. The molecule has 0 saturated heterocycles. The Morgan fingerprint density at radius 3 is 2.44 bits per heavy atom. The summed E-state index contributed by atoms with van der Waals surface area (Å²) < 4.78 is 14.9. The Hall–Kier alpha value is -3.77. The Balaban J connectivity index is 1.55. The number of hydrogen-bond donors (Lipinski definition) is 1. The summed E-state index contributed by atoms with van der Waals surface area (Å²) in [6.07, 6.45) is 1.55. The van der Waals surface area contributed by atoms with Gasteiger partial charge in [0, 0.05) is 17.3 Å². The van der Waals surface area contributed by atoms with E-state index in [4.69, 9.17) is 11.6 Å². The zero-order valence-electron chi connectivity index (χ0n) is 17.2. The fraction of sp³-hybridized carbons (Fsp3) is 0.0800. The second-order valence-electron chi connectivity index (χ2n) is 7.35. The highest BCUT2D eigenvalue weighted by molar-refractivity contribution is 6.33. The van der Waals surface area contributed by atoms with E-state index in [1.54, 1.807) is 54.7 Å². The minimum absolute atomic E-state index is 0.158. The molecule has 1 heterocycles. The van der Waals surface area contributed by atoms with Crippen LogP contribution in [0.5, 0.6) is 0 Å². The summed E-state index contributed by atoms with van der Waals surface area (Å²) in [7, 11) is 0. The smallest absolute Gasteiger partial charge is 0.257 e. The van der Waals surface area contributed by atoms with Crippen molar-refractivity contribution in [2.45, 2.75) is 13.5 Å². The number of hydrogen-bond acceptors (Lipinski definition) is 3. The Bertz CT molecular complexity index is 1300. The second-order valence-corrected chi connectivity index (χ2v) is 7.76. The van der Waals surface area contributed by atoms with E-state index in [1.165, 1.54) is 16.8 Å². The van der Waals surface area contributed by atoms with E-state index in [0.29, 0.717) is 11.1 Å². The van der Waals surface area contributed by atoms with Crippen LogP contribution < -0.4 is 5.32 Å². The average Bonchev–Trinajstić information content (AvgIpc) is 3.12. The van der Waals surface area contributed by atoms with E-state index in [0.717, 1.165) is 5.56 Å². The van der Waals surface area contributed by atoms with Gasteiger partial charge in [-0.15, -0.1) is 0 Å². The summed E-state index contributed by atoms with van der Waals surface area (Å²) in [5.74, 6) is -0.938. The highest BCUT2D eigenvalue weighted by Gasteiger charge is 2.20. The molecule has 7 heteroatoms. The monoisotopic (exact) mass is 447 g/mol. The van der Waals surface area contributed by atoms with Crippen LogP contribution in [0.1, 0.15) is 37.4 Å². The van der Waals surface area contributed by atoms with Crippen molar-refractivity contribution in [3.05, 3.63) is 118 Å². The molecule has 4 rings (SSSR count). The fourth-order valence-electron chi connectivity index (χ4n) is 3.30. The molecular weight excluding hydrogens is 429 g/mol. The molecule has 0 aliphatic carbocycles. The van der Waals surface area contributed by atoms with Gasteiger partial charge in [-0.25, -0.2) is 4.39 Å². The predicted octanol–water partition coefficient (Wildman–Crippen LogP) is 5.52. The molecule has 0 bridgehead atoms. The number of benzene rings is 3. The number of ketones is 1. The minimum atomic E-state index is -0.501. The predicted molar refractivity (Wildman–Crippen MR) is 122 cm³/mol. The van der Waals surface area contributed by atoms with Gasteiger partial charge in [-0.2, -0.15) is 5.10 Å². The van der Waals surface area contributed by atoms with Crippen molar-refractivity contribution < 1.29 is 14.0 Å². The number of rotatable bonds is 6. The maximum absolute atomic E-state index is 13.4. The van der Waals surface area contributed by atoms with E-state index in [1.807, 2.05) is 19.1 Å². The number of aromatic nitrogens is 2. The Kier molecular flexibility index (Phi) is 6.14. The largest absolute Gasteiger partial charge is 0.304 e. The lowest BCUT2D eigenvalue weighted by atomic mass is 9.97. The summed E-state index contributed by atoms with van der Waals surface area (Å²) in [5.41, 5.74) is 2.73. The lowest BCUT2D eigenvalue weighted by molar-refractivity contribution is 0.0996. The summed E-state index contributed by atoms with van der Waals surface area (Å²) in [4.78, 5) is 25.9. The quantitative estimate of drug-likeness (QED) is 0.396. The minimum Gasteiger partial charge on any atom is -0.304 e. The van der Waals surface area contributed by atoms with Crippen LogP contribution in [0.3, 0.4) is 0 Å². The van der Waals surface area contributed by atoms with Gasteiger partial charge in [0.15, 0.2) is 11.6 Å². The van der Waals surface area contributed by atoms with Crippen molar-refractivity contribution in [1.82, 2.24) is 9.78 Å². The van der Waals surface area contributed by atoms with Gasteiger partial charge < -0.3 is 5.32 Å². The molecule has 0 atom stereocenters. The molecule has 0 spiro atoms. The van der Waals surface area contributed by atoms with Gasteiger partial charge in [0.25, 0.3) is 5.91 Å². The first-order valence-electron chi connectivity index (χ1n) is 9.90. The third kappa shape index (κ3) is 4.76. The third-order valence-corrected chi connectivity index (χ3v) is 5.19. The van der Waals surface area contributed by atoms with Gasteiger partial charge in [0.1, 0.15) is 10.8 Å². The molecule has 0 saturated carbocycles. The van der Waals surface area contributed by atoms with Crippen molar-refractivity contribution >= 4 is 29.1 Å². The molecule has 4 aromatic rings. The molecule has 1 aromatic heterocycles. The molecule has 1 N–H and O–H groups in total. The number of carbonyl (C=O) groups excluding carboxylic acids is 2. The van der Waals surface area contributed by atoms with Gasteiger partial charge in [-0.1, -0.05) is 71.8 Å². The van der Waals surface area contributed by atoms with Crippen LogP contribution in [0.4, 0.5) is 10.2 Å². The first kappa shape index (κ1) is 21.5. The number of anilines is 1. The van der Waals surface area contributed by atoms with Crippen molar-refractivity contribution in [2.75, 3.05) is 5.32 Å². The first-order chi connectivity index (χ1) is 15.4. The molecule has 0 fully saturated rings. The van der Waals surface area contributed by atoms with Crippen LogP contribution >= 0.6 is 11.6 Å². The van der Waals surface area contributed by atoms with E-state index in [-0.39, 0.29) is 40.1 Å². The molecule has 0 aliphatic rings. The lowest BCUT2D eigenvalue weighted by Crippen LogP contribution is -2.17. The molecule has 5 nitrogen and oxygen atoms in total. The Morgan fingerprint density at radius 2 is 1.72 bits per heavy atom. The van der Waals surface area contributed by atoms with Crippen LogP contribution in [0, 0.1) is 12.7 Å². The number of carbonyl (C=O) groups is 2. The SMILES string of the molecule is Cc1ccc(C(=O)c2ccccc2C(=O)Nc2nn(Cc3cccc(F)c3)cc2Cl)cc1. The van der Waals surface area contributed by atoms with Gasteiger partial charge in [-0.3, -0.25) is 14.3 Å². The van der Waals surface area contributed by atoms with Crippen molar-refractivity contribution in [3.8, 4) is 0 Å². The van der Waals surface area contributed by atoms with Crippen molar-refractivity contribution in [2.24, 2.45) is 0 Å². The summed E-state index contributed by atoms with van der Waals surface area (Å²) in [5, 5.41) is 7.19. The summed E-state index contributed by atoms with van der Waals surface area (Å²) >= 11 is 6.25. The molecular formula is C25H19ClFN3O2. The molecule has 160 valence electrons. The average molecular weight is 448 g/mol. The number of nitrogens with zero attached hydrogens (tertiary/aromatic N) is 2. The van der Waals surface area contributed by atoms with Crippen LogP contribution in [0.25, 0.3) is 0 Å². The molecule has 0 radical (unpaired) electrons. The summed E-state index contributed by atoms with van der Waals surface area (Å²) in [6, 6.07) is 19.9. The number of halogens is 2.